The van der Waals surface area contributed by atoms with Gasteiger partial charge in [-0.15, -0.1) is 11.3 Å². The predicted octanol–water partition coefficient (Wildman–Crippen LogP) is 2.62. The number of morpholine rings is 1. The molecule has 0 atom stereocenters. The van der Waals surface area contributed by atoms with Crippen molar-refractivity contribution >= 4 is 39.2 Å². The number of unbranched alkanes of at least 4 members (excludes halogenated alkanes) is 1. The molecule has 2 aromatic rings. The number of nitrogens with zero attached hydrogens (tertiary/aromatic N) is 2. The first-order chi connectivity index (χ1) is 11.8. The first-order valence-electron chi connectivity index (χ1n) is 8.36. The molecule has 0 unspecified atom stereocenters. The predicted molar refractivity (Wildman–Crippen MR) is 99.8 cm³/mol. The van der Waals surface area contributed by atoms with Crippen LogP contribution in [0.15, 0.2) is 28.6 Å². The lowest BCUT2D eigenvalue weighted by atomic mass is 10.2. The molecule has 24 heavy (non-hydrogen) atoms. The summed E-state index contributed by atoms with van der Waals surface area (Å²) in [5.41, 5.74) is 1.01. The molecule has 1 aromatic heterocycles. The van der Waals surface area contributed by atoms with Gasteiger partial charge >= 0.3 is 0 Å². The van der Waals surface area contributed by atoms with E-state index in [0.29, 0.717) is 5.75 Å². The Morgan fingerprint density at radius 1 is 1.29 bits per heavy atom. The summed E-state index contributed by atoms with van der Waals surface area (Å²) < 4.78 is 7.46. The summed E-state index contributed by atoms with van der Waals surface area (Å²) in [7, 11) is 0. The smallest absolute Gasteiger partial charge is 0.230 e. The molecule has 3 rings (SSSR count). The molecular weight excluding hydrogens is 342 g/mol. The molecule has 0 bridgehead atoms. The largest absolute Gasteiger partial charge is 0.379 e. The Hall–Kier alpha value is -1.15. The Morgan fingerprint density at radius 3 is 2.96 bits per heavy atom. The Kier molecular flexibility index (Phi) is 6.89. The number of ether oxygens (including phenoxy) is 1. The molecule has 1 saturated heterocycles. The number of carbonyl (C=O) groups excluding carboxylic acids is 1. The van der Waals surface area contributed by atoms with Crippen molar-refractivity contribution in [2.45, 2.75) is 17.2 Å². The summed E-state index contributed by atoms with van der Waals surface area (Å²) in [6.07, 6.45) is 2.14. The molecule has 7 heteroatoms. The standard InChI is InChI=1S/C17H23N3O2S2/c21-16(18-7-3-4-8-20-9-11-22-12-10-20)13-23-17-19-14-5-1-2-6-15(14)24-17/h1-2,5-6H,3-4,7-13H2,(H,18,21). The third kappa shape index (κ3) is 5.44. The number of rotatable bonds is 8. The summed E-state index contributed by atoms with van der Waals surface area (Å²) in [5, 5.41) is 3.00. The van der Waals surface area contributed by atoms with Gasteiger partial charge in [0.1, 0.15) is 0 Å². The number of hydrogen-bond donors (Lipinski definition) is 1. The second kappa shape index (κ2) is 9.36. The molecule has 1 N–H and O–H groups in total. The fourth-order valence-electron chi connectivity index (χ4n) is 2.60. The molecule has 1 aliphatic heterocycles. The molecule has 1 amide bonds. The van der Waals surface area contributed by atoms with E-state index in [0.717, 1.165) is 62.1 Å². The van der Waals surface area contributed by atoms with Crippen LogP contribution in [-0.2, 0) is 9.53 Å². The molecule has 1 aliphatic rings. The summed E-state index contributed by atoms with van der Waals surface area (Å²) in [6.45, 7) is 5.61. The normalized spacial score (nSPS) is 15.7. The van der Waals surface area contributed by atoms with Gasteiger partial charge in [0.2, 0.25) is 5.91 Å². The lowest BCUT2D eigenvalue weighted by Crippen LogP contribution is -2.37. The molecule has 1 aromatic carbocycles. The lowest BCUT2D eigenvalue weighted by Gasteiger charge is -2.26. The van der Waals surface area contributed by atoms with Gasteiger partial charge in [0, 0.05) is 19.6 Å². The van der Waals surface area contributed by atoms with Gasteiger partial charge in [0.15, 0.2) is 4.34 Å². The van der Waals surface area contributed by atoms with E-state index < -0.39 is 0 Å². The zero-order chi connectivity index (χ0) is 16.6. The number of thioether (sulfide) groups is 1. The number of carbonyl (C=O) groups is 1. The van der Waals surface area contributed by atoms with E-state index in [9.17, 15) is 4.79 Å². The van der Waals surface area contributed by atoms with E-state index in [-0.39, 0.29) is 5.91 Å². The zero-order valence-corrected chi connectivity index (χ0v) is 15.3. The fourth-order valence-corrected chi connectivity index (χ4v) is 4.50. The minimum absolute atomic E-state index is 0.0885. The molecule has 0 spiro atoms. The van der Waals surface area contributed by atoms with Crippen LogP contribution in [0.5, 0.6) is 0 Å². The molecule has 2 heterocycles. The van der Waals surface area contributed by atoms with Crippen LogP contribution in [0.25, 0.3) is 10.2 Å². The molecule has 1 fully saturated rings. The maximum atomic E-state index is 11.9. The van der Waals surface area contributed by atoms with Crippen LogP contribution in [0.4, 0.5) is 0 Å². The maximum absolute atomic E-state index is 11.9. The maximum Gasteiger partial charge on any atom is 0.230 e. The molecule has 5 nitrogen and oxygen atoms in total. The molecular formula is C17H23N3O2S2. The Morgan fingerprint density at radius 2 is 2.12 bits per heavy atom. The van der Waals surface area contributed by atoms with Gasteiger partial charge in [-0.25, -0.2) is 4.98 Å². The van der Waals surface area contributed by atoms with Crippen LogP contribution in [0.3, 0.4) is 0 Å². The molecule has 0 aliphatic carbocycles. The Balaban J connectivity index is 1.28. The highest BCUT2D eigenvalue weighted by Crippen LogP contribution is 2.28. The first kappa shape index (κ1) is 17.7. The summed E-state index contributed by atoms with van der Waals surface area (Å²) in [5.74, 6) is 0.522. The van der Waals surface area contributed by atoms with Crippen LogP contribution >= 0.6 is 23.1 Å². The van der Waals surface area contributed by atoms with Crippen molar-refractivity contribution in [2.24, 2.45) is 0 Å². The summed E-state index contributed by atoms with van der Waals surface area (Å²) in [6, 6.07) is 8.06. The van der Waals surface area contributed by atoms with Crippen molar-refractivity contribution in [3.8, 4) is 0 Å². The highest BCUT2D eigenvalue weighted by molar-refractivity contribution is 8.01. The minimum atomic E-state index is 0.0885. The third-order valence-electron chi connectivity index (χ3n) is 3.93. The monoisotopic (exact) mass is 365 g/mol. The SMILES string of the molecule is O=C(CSc1nc2ccccc2s1)NCCCCN1CCOCC1. The van der Waals surface area contributed by atoms with Crippen LogP contribution < -0.4 is 5.32 Å². The van der Waals surface area contributed by atoms with Gasteiger partial charge < -0.3 is 10.1 Å². The van der Waals surface area contributed by atoms with Crippen LogP contribution in [0.1, 0.15) is 12.8 Å². The third-order valence-corrected chi connectivity index (χ3v) is 6.11. The van der Waals surface area contributed by atoms with E-state index in [1.807, 2.05) is 18.2 Å². The first-order valence-corrected chi connectivity index (χ1v) is 10.2. The lowest BCUT2D eigenvalue weighted by molar-refractivity contribution is -0.118. The van der Waals surface area contributed by atoms with Crippen molar-refractivity contribution in [1.29, 1.82) is 0 Å². The number of benzene rings is 1. The van der Waals surface area contributed by atoms with Crippen molar-refractivity contribution in [3.05, 3.63) is 24.3 Å². The topological polar surface area (TPSA) is 54.5 Å². The second-order valence-corrected chi connectivity index (χ2v) is 8.00. The number of hydrogen-bond acceptors (Lipinski definition) is 6. The highest BCUT2D eigenvalue weighted by atomic mass is 32.2. The highest BCUT2D eigenvalue weighted by Gasteiger charge is 2.10. The van der Waals surface area contributed by atoms with Gasteiger partial charge in [0.25, 0.3) is 0 Å². The fraction of sp³-hybridized carbons (Fsp3) is 0.529. The van der Waals surface area contributed by atoms with Gasteiger partial charge in [-0.2, -0.15) is 0 Å². The summed E-state index contributed by atoms with van der Waals surface area (Å²) in [4.78, 5) is 18.9. The molecule has 130 valence electrons. The van der Waals surface area contributed by atoms with Gasteiger partial charge in [-0.1, -0.05) is 23.9 Å². The Bertz CT molecular complexity index is 623. The Labute approximate surface area is 150 Å². The number of amides is 1. The van der Waals surface area contributed by atoms with Crippen LogP contribution in [0.2, 0.25) is 0 Å². The van der Waals surface area contributed by atoms with Crippen LogP contribution in [-0.4, -0.2) is 60.9 Å². The zero-order valence-electron chi connectivity index (χ0n) is 13.7. The van der Waals surface area contributed by atoms with Crippen molar-refractivity contribution < 1.29 is 9.53 Å². The number of fused-ring (bicyclic) bond motifs is 1. The van der Waals surface area contributed by atoms with E-state index in [1.165, 1.54) is 16.5 Å². The molecule has 0 radical (unpaired) electrons. The number of thiazole rings is 1. The van der Waals surface area contributed by atoms with Gasteiger partial charge in [-0.3, -0.25) is 9.69 Å². The quantitative estimate of drug-likeness (QED) is 0.576. The van der Waals surface area contributed by atoms with Crippen molar-refractivity contribution in [1.82, 2.24) is 15.2 Å². The minimum Gasteiger partial charge on any atom is -0.379 e. The average molecular weight is 366 g/mol. The number of nitrogens with one attached hydrogen (secondary N) is 1. The second-order valence-electron chi connectivity index (χ2n) is 5.75. The van der Waals surface area contributed by atoms with E-state index in [2.05, 4.69) is 21.3 Å². The van der Waals surface area contributed by atoms with Gasteiger partial charge in [0.05, 0.1) is 29.2 Å². The van der Waals surface area contributed by atoms with E-state index in [1.54, 1.807) is 11.3 Å². The average Bonchev–Trinajstić information content (AvgIpc) is 3.03. The van der Waals surface area contributed by atoms with Crippen molar-refractivity contribution in [3.63, 3.8) is 0 Å². The number of para-hydroxylation sites is 1. The van der Waals surface area contributed by atoms with Crippen LogP contribution in [0, 0.1) is 0 Å². The summed E-state index contributed by atoms with van der Waals surface area (Å²) >= 11 is 3.16. The number of aromatic nitrogens is 1. The molecule has 0 saturated carbocycles. The van der Waals surface area contributed by atoms with Crippen molar-refractivity contribution in [2.75, 3.05) is 45.1 Å². The van der Waals surface area contributed by atoms with E-state index >= 15 is 0 Å². The van der Waals surface area contributed by atoms with Gasteiger partial charge in [-0.05, 0) is 31.5 Å². The van der Waals surface area contributed by atoms with E-state index in [4.69, 9.17) is 4.74 Å².